The van der Waals surface area contributed by atoms with Crippen LogP contribution in [-0.2, 0) is 17.5 Å². The van der Waals surface area contributed by atoms with Crippen molar-refractivity contribution in [3.8, 4) is 10.8 Å². The van der Waals surface area contributed by atoms with Gasteiger partial charge in [0.1, 0.15) is 23.7 Å². The summed E-state index contributed by atoms with van der Waals surface area (Å²) in [6.07, 6.45) is -3.05. The number of nitrogens with one attached hydrogen (secondary N) is 2. The van der Waals surface area contributed by atoms with E-state index in [0.29, 0.717) is 47.8 Å². The van der Waals surface area contributed by atoms with E-state index in [1.165, 1.54) is 37.7 Å². The second-order valence-electron chi connectivity index (χ2n) is 9.01. The van der Waals surface area contributed by atoms with Gasteiger partial charge in [-0.05, 0) is 24.3 Å². The molecule has 0 saturated carbocycles. The second kappa shape index (κ2) is 11.5. The lowest BCUT2D eigenvalue weighted by molar-refractivity contribution is -0.138. The van der Waals surface area contributed by atoms with Crippen molar-refractivity contribution in [2.24, 2.45) is 0 Å². The number of hydrogen-bond donors (Lipinski definition) is 2. The molecule has 1 aliphatic rings. The van der Waals surface area contributed by atoms with Gasteiger partial charge >= 0.3 is 18.2 Å². The highest BCUT2D eigenvalue weighted by atomic mass is 32.1. The fraction of sp³-hybridized carbons (Fsp3) is 0.259. The number of imidazole rings is 1. The van der Waals surface area contributed by atoms with Gasteiger partial charge in [-0.25, -0.2) is 14.6 Å². The Kier molecular flexibility index (Phi) is 7.83. The number of methoxy groups -OCH3 is 1. The zero-order chi connectivity index (χ0) is 29.1. The second-order valence-corrected chi connectivity index (χ2v) is 10.0. The molecule has 0 unspecified atom stereocenters. The normalized spacial score (nSPS) is 13.4. The molecule has 4 aromatic rings. The van der Waals surface area contributed by atoms with Crippen LogP contribution >= 0.6 is 11.3 Å². The number of halogens is 3. The topological polar surface area (TPSA) is 115 Å². The number of alkyl halides is 3. The fourth-order valence-electron chi connectivity index (χ4n) is 4.36. The summed E-state index contributed by atoms with van der Waals surface area (Å²) in [5.74, 6) is -0.950. The lowest BCUT2D eigenvalue weighted by Gasteiger charge is -2.14. The molecule has 0 aliphatic carbocycles. The molecule has 3 heterocycles. The first-order valence-electron chi connectivity index (χ1n) is 12.4. The van der Waals surface area contributed by atoms with Crippen LogP contribution in [0.5, 0.6) is 5.75 Å². The number of carbonyl (C=O) groups excluding carboxylic acids is 3. The van der Waals surface area contributed by atoms with E-state index in [9.17, 15) is 27.6 Å². The van der Waals surface area contributed by atoms with Gasteiger partial charge in [0.25, 0.3) is 5.91 Å². The van der Waals surface area contributed by atoms with Gasteiger partial charge < -0.3 is 25.0 Å². The molecule has 14 heteroatoms. The molecule has 2 aromatic heterocycles. The molecule has 214 valence electrons. The Morgan fingerprint density at radius 3 is 2.71 bits per heavy atom. The number of ether oxygens (including phenoxy) is 2. The molecular formula is C27H24F3N5O5S. The van der Waals surface area contributed by atoms with Crippen LogP contribution in [0.2, 0.25) is 0 Å². The van der Waals surface area contributed by atoms with Crippen LogP contribution < -0.4 is 15.4 Å². The van der Waals surface area contributed by atoms with Crippen LogP contribution in [0.15, 0.2) is 54.9 Å². The van der Waals surface area contributed by atoms with Crippen molar-refractivity contribution in [2.75, 3.05) is 33.3 Å². The molecule has 0 atom stereocenters. The largest absolute Gasteiger partial charge is 0.487 e. The predicted octanol–water partition coefficient (Wildman–Crippen LogP) is 4.23. The lowest BCUT2D eigenvalue weighted by atomic mass is 10.1. The highest BCUT2D eigenvalue weighted by Crippen LogP contribution is 2.36. The van der Waals surface area contributed by atoms with Gasteiger partial charge in [0.05, 0.1) is 23.7 Å². The van der Waals surface area contributed by atoms with Crippen LogP contribution in [0.25, 0.3) is 16.0 Å². The summed E-state index contributed by atoms with van der Waals surface area (Å²) in [4.78, 5) is 42.8. The smallest absolute Gasteiger partial charge is 0.416 e. The number of carbonyl (C=O) groups is 3. The third-order valence-corrected chi connectivity index (χ3v) is 7.52. The van der Waals surface area contributed by atoms with E-state index in [-0.39, 0.29) is 28.1 Å². The average Bonchev–Trinajstić information content (AvgIpc) is 3.69. The van der Waals surface area contributed by atoms with Gasteiger partial charge in [-0.2, -0.15) is 13.2 Å². The molecule has 3 amide bonds. The first-order valence-corrected chi connectivity index (χ1v) is 13.3. The molecule has 0 spiro atoms. The van der Waals surface area contributed by atoms with Gasteiger partial charge in [0.2, 0.25) is 0 Å². The Labute approximate surface area is 235 Å². The standard InChI is InChI=1S/C27H24F3N5O5S/c1-39-25(37)23-21(40-14-17-4-2-3-5-18(17)27(28,29)30)13-22(41-23)35-15-33-19-12-16(6-7-20(19)35)24(36)31-8-10-34-11-9-32-26(34)38/h2-7,12-13,15H,8-11,14H2,1H3,(H,31,36)(H,32,38). The molecule has 41 heavy (non-hydrogen) atoms. The van der Waals surface area contributed by atoms with E-state index < -0.39 is 24.3 Å². The van der Waals surface area contributed by atoms with Crippen LogP contribution in [0.4, 0.5) is 18.0 Å². The highest BCUT2D eigenvalue weighted by Gasteiger charge is 2.33. The molecule has 1 aliphatic heterocycles. The number of urea groups is 1. The number of rotatable bonds is 9. The quantitative estimate of drug-likeness (QED) is 0.284. The Morgan fingerprint density at radius 1 is 1.17 bits per heavy atom. The molecule has 2 N–H and O–H groups in total. The number of esters is 1. The summed E-state index contributed by atoms with van der Waals surface area (Å²) in [6.45, 7) is 1.44. The van der Waals surface area contributed by atoms with Gasteiger partial charge in [0.15, 0.2) is 4.88 Å². The number of nitrogens with zero attached hydrogens (tertiary/aromatic N) is 3. The summed E-state index contributed by atoms with van der Waals surface area (Å²) in [5, 5.41) is 6.00. The monoisotopic (exact) mass is 587 g/mol. The van der Waals surface area contributed by atoms with Crippen molar-refractivity contribution in [1.29, 1.82) is 0 Å². The third-order valence-electron chi connectivity index (χ3n) is 6.42. The number of hydrogen-bond acceptors (Lipinski definition) is 7. The van der Waals surface area contributed by atoms with Crippen molar-refractivity contribution >= 4 is 40.3 Å². The number of fused-ring (bicyclic) bond motifs is 1. The first-order chi connectivity index (χ1) is 19.7. The molecule has 1 saturated heterocycles. The molecular weight excluding hydrogens is 563 g/mol. The van der Waals surface area contributed by atoms with E-state index in [0.717, 1.165) is 17.4 Å². The third kappa shape index (κ3) is 5.96. The maximum absolute atomic E-state index is 13.4. The minimum atomic E-state index is -4.55. The zero-order valence-electron chi connectivity index (χ0n) is 21.7. The zero-order valence-corrected chi connectivity index (χ0v) is 22.5. The Balaban J connectivity index is 1.34. The number of benzene rings is 2. The maximum Gasteiger partial charge on any atom is 0.416 e. The fourth-order valence-corrected chi connectivity index (χ4v) is 5.37. The number of aromatic nitrogens is 2. The van der Waals surface area contributed by atoms with E-state index in [4.69, 9.17) is 9.47 Å². The summed E-state index contributed by atoms with van der Waals surface area (Å²) in [5.41, 5.74) is 0.610. The minimum absolute atomic E-state index is 0.0679. The van der Waals surface area contributed by atoms with E-state index in [1.807, 2.05) is 0 Å². The van der Waals surface area contributed by atoms with Crippen LogP contribution in [-0.4, -0.2) is 65.6 Å². The van der Waals surface area contributed by atoms with E-state index in [2.05, 4.69) is 15.6 Å². The van der Waals surface area contributed by atoms with Gasteiger partial charge in [0, 0.05) is 43.4 Å². The van der Waals surface area contributed by atoms with Crippen molar-refractivity contribution < 1.29 is 37.0 Å². The molecule has 10 nitrogen and oxygen atoms in total. The van der Waals surface area contributed by atoms with Gasteiger partial charge in [-0.3, -0.25) is 9.36 Å². The average molecular weight is 588 g/mol. The molecule has 1 fully saturated rings. The summed E-state index contributed by atoms with van der Waals surface area (Å²) < 4.78 is 52.5. The molecule has 2 aromatic carbocycles. The number of amides is 3. The first kappa shape index (κ1) is 28.0. The Hall–Kier alpha value is -4.59. The molecule has 5 rings (SSSR count). The van der Waals surface area contributed by atoms with E-state index >= 15 is 0 Å². The minimum Gasteiger partial charge on any atom is -0.487 e. The summed E-state index contributed by atoms with van der Waals surface area (Å²) >= 11 is 1.03. The highest BCUT2D eigenvalue weighted by molar-refractivity contribution is 7.16. The lowest BCUT2D eigenvalue weighted by Crippen LogP contribution is -2.36. The van der Waals surface area contributed by atoms with Crippen molar-refractivity contribution in [3.05, 3.63) is 76.4 Å². The molecule has 0 bridgehead atoms. The van der Waals surface area contributed by atoms with Crippen LogP contribution in [0.3, 0.4) is 0 Å². The van der Waals surface area contributed by atoms with Crippen molar-refractivity contribution in [1.82, 2.24) is 25.1 Å². The SMILES string of the molecule is COC(=O)c1sc(-n2cnc3cc(C(=O)NCCN4CCNC4=O)ccc32)cc1OCc1ccccc1C(F)(F)F. The van der Waals surface area contributed by atoms with E-state index in [1.54, 1.807) is 27.7 Å². The van der Waals surface area contributed by atoms with Gasteiger partial charge in [-0.1, -0.05) is 18.2 Å². The van der Waals surface area contributed by atoms with Crippen LogP contribution in [0.1, 0.15) is 31.2 Å². The Morgan fingerprint density at radius 2 is 1.98 bits per heavy atom. The molecule has 0 radical (unpaired) electrons. The maximum atomic E-state index is 13.4. The predicted molar refractivity (Wildman–Crippen MR) is 143 cm³/mol. The summed E-state index contributed by atoms with van der Waals surface area (Å²) in [6, 6.07) is 11.4. The number of thiophene rings is 1. The van der Waals surface area contributed by atoms with Crippen LogP contribution in [0, 0.1) is 0 Å². The summed E-state index contributed by atoms with van der Waals surface area (Å²) in [7, 11) is 1.20. The van der Waals surface area contributed by atoms with Crippen molar-refractivity contribution in [2.45, 2.75) is 12.8 Å². The van der Waals surface area contributed by atoms with Gasteiger partial charge in [-0.15, -0.1) is 11.3 Å². The van der Waals surface area contributed by atoms with Crippen molar-refractivity contribution in [3.63, 3.8) is 0 Å². The Bertz CT molecular complexity index is 1620.